The van der Waals surface area contributed by atoms with Crippen LogP contribution in [0.25, 0.3) is 0 Å². The van der Waals surface area contributed by atoms with Crippen LogP contribution in [0, 0.1) is 4.91 Å². The van der Waals surface area contributed by atoms with Gasteiger partial charge < -0.3 is 10.6 Å². The number of aromatic nitrogens is 2. The van der Waals surface area contributed by atoms with E-state index in [9.17, 15) is 19.3 Å². The molecule has 0 atom stereocenters. The number of hydrogen-bond acceptors (Lipinski definition) is 7. The van der Waals surface area contributed by atoms with Crippen LogP contribution in [0.4, 0.5) is 23.3 Å². The maximum Gasteiger partial charge on any atom is 0.233 e. The highest BCUT2D eigenvalue weighted by Gasteiger charge is 2.18. The van der Waals surface area contributed by atoms with Gasteiger partial charge in [0.2, 0.25) is 23.7 Å². The molecule has 0 aliphatic rings. The van der Waals surface area contributed by atoms with Crippen molar-refractivity contribution < 1.29 is 14.4 Å². The van der Waals surface area contributed by atoms with Gasteiger partial charge in [-0.25, -0.2) is 0 Å². The summed E-state index contributed by atoms with van der Waals surface area (Å²) < 4.78 is 0. The molecule has 1 rings (SSSR count). The van der Waals surface area contributed by atoms with Crippen LogP contribution in [0.15, 0.2) is 5.18 Å². The molecule has 0 saturated carbocycles. The van der Waals surface area contributed by atoms with Crippen LogP contribution in [0.1, 0.15) is 20.8 Å². The molecule has 0 unspecified atom stereocenters. The van der Waals surface area contributed by atoms with Gasteiger partial charge in [-0.05, 0) is 5.18 Å². The summed E-state index contributed by atoms with van der Waals surface area (Å²) in [4.78, 5) is 51.5. The van der Waals surface area contributed by atoms with Crippen molar-refractivity contribution in [1.29, 1.82) is 0 Å². The van der Waals surface area contributed by atoms with Crippen LogP contribution < -0.4 is 16.0 Å². The minimum absolute atomic E-state index is 0.183. The quantitative estimate of drug-likeness (QED) is 0.694. The third-order valence-corrected chi connectivity index (χ3v) is 1.85. The molecule has 0 spiro atoms. The summed E-state index contributed by atoms with van der Waals surface area (Å²) in [5, 5.41) is 9.49. The second kappa shape index (κ2) is 6.31. The van der Waals surface area contributed by atoms with Crippen molar-refractivity contribution in [2.75, 3.05) is 16.0 Å². The normalized spacial score (nSPS) is 9.55. The Bertz CT molecular complexity index is 548. The molecule has 1 aromatic heterocycles. The highest BCUT2D eigenvalue weighted by atomic mass is 16.3. The third kappa shape index (κ3) is 4.08. The molecular formula is C10H12N6O4. The number of amides is 3. The molecule has 0 bridgehead atoms. The fraction of sp³-hybridized carbons (Fsp3) is 0.300. The zero-order chi connectivity index (χ0) is 15.3. The number of nitrogens with one attached hydrogen (secondary N) is 3. The first-order valence-corrected chi connectivity index (χ1v) is 5.41. The summed E-state index contributed by atoms with van der Waals surface area (Å²) in [5.41, 5.74) is -0.343. The summed E-state index contributed by atoms with van der Waals surface area (Å²) in [6, 6.07) is 0. The average molecular weight is 280 g/mol. The lowest BCUT2D eigenvalue weighted by molar-refractivity contribution is -0.115. The lowest BCUT2D eigenvalue weighted by atomic mass is 10.4. The molecule has 1 heterocycles. The van der Waals surface area contributed by atoms with E-state index in [0.717, 1.165) is 0 Å². The monoisotopic (exact) mass is 280 g/mol. The Hall–Kier alpha value is -2.91. The molecule has 0 fully saturated rings. The van der Waals surface area contributed by atoms with Crippen molar-refractivity contribution >= 4 is 41.0 Å². The van der Waals surface area contributed by atoms with Crippen LogP contribution in [0.5, 0.6) is 0 Å². The predicted molar refractivity (Wildman–Crippen MR) is 70.4 cm³/mol. The predicted octanol–water partition coefficient (Wildman–Crippen LogP) is 0.750. The van der Waals surface area contributed by atoms with Crippen molar-refractivity contribution in [3.8, 4) is 0 Å². The second-order valence-corrected chi connectivity index (χ2v) is 3.73. The van der Waals surface area contributed by atoms with E-state index in [4.69, 9.17) is 0 Å². The molecule has 106 valence electrons. The summed E-state index contributed by atoms with van der Waals surface area (Å²) in [6.07, 6.45) is 0. The molecule has 10 nitrogen and oxygen atoms in total. The molecule has 3 N–H and O–H groups in total. The summed E-state index contributed by atoms with van der Waals surface area (Å²) in [7, 11) is 0. The first kappa shape index (κ1) is 15.1. The molecule has 3 amide bonds. The number of nitroso groups, excluding NO2 is 1. The average Bonchev–Trinajstić information content (AvgIpc) is 2.26. The van der Waals surface area contributed by atoms with Crippen molar-refractivity contribution in [3.05, 3.63) is 4.91 Å². The van der Waals surface area contributed by atoms with Gasteiger partial charge in [-0.2, -0.15) is 9.97 Å². The van der Waals surface area contributed by atoms with Gasteiger partial charge in [0.05, 0.1) is 0 Å². The van der Waals surface area contributed by atoms with Gasteiger partial charge in [-0.1, -0.05) is 0 Å². The molecule has 1 aromatic rings. The highest BCUT2D eigenvalue weighted by molar-refractivity contribution is 5.97. The van der Waals surface area contributed by atoms with Crippen LogP contribution in [-0.2, 0) is 14.4 Å². The number of nitrogens with zero attached hydrogens (tertiary/aromatic N) is 3. The Morgan fingerprint density at radius 2 is 1.25 bits per heavy atom. The van der Waals surface area contributed by atoms with Crippen molar-refractivity contribution in [1.82, 2.24) is 9.97 Å². The van der Waals surface area contributed by atoms with E-state index in [2.05, 4.69) is 31.1 Å². The molecule has 20 heavy (non-hydrogen) atoms. The number of rotatable bonds is 4. The standard InChI is InChI=1S/C10H12N6O4/c1-4(17)11-8-7(16-20)9(12-5(2)18)15-10(14-8)13-6(3)19/h1-3H3,(H3,11,12,13,14,15,17,18,19). The van der Waals surface area contributed by atoms with Gasteiger partial charge in [0.15, 0.2) is 17.3 Å². The van der Waals surface area contributed by atoms with Gasteiger partial charge in [0.1, 0.15) is 0 Å². The third-order valence-electron chi connectivity index (χ3n) is 1.85. The Morgan fingerprint density at radius 3 is 1.55 bits per heavy atom. The molecular weight excluding hydrogens is 268 g/mol. The maximum absolute atomic E-state index is 11.1. The number of carbonyl (C=O) groups excluding carboxylic acids is 3. The van der Waals surface area contributed by atoms with E-state index in [1.807, 2.05) is 0 Å². The zero-order valence-electron chi connectivity index (χ0n) is 11.0. The van der Waals surface area contributed by atoms with Crippen LogP contribution in [0.3, 0.4) is 0 Å². The topological polar surface area (TPSA) is 143 Å². The SMILES string of the molecule is CC(=O)Nc1nc(NC(C)=O)c(N=O)c(NC(C)=O)n1. The maximum atomic E-state index is 11.1. The molecule has 0 saturated heterocycles. The Kier molecular flexibility index (Phi) is 4.78. The molecule has 0 aliphatic heterocycles. The molecule has 0 radical (unpaired) electrons. The highest BCUT2D eigenvalue weighted by Crippen LogP contribution is 2.31. The summed E-state index contributed by atoms with van der Waals surface area (Å²) in [5.74, 6) is -2.07. The van der Waals surface area contributed by atoms with E-state index in [1.165, 1.54) is 20.8 Å². The van der Waals surface area contributed by atoms with E-state index in [1.54, 1.807) is 0 Å². The van der Waals surface area contributed by atoms with E-state index in [0.29, 0.717) is 0 Å². The first-order chi connectivity index (χ1) is 9.33. The van der Waals surface area contributed by atoms with Crippen molar-refractivity contribution in [2.45, 2.75) is 20.8 Å². The van der Waals surface area contributed by atoms with Gasteiger partial charge >= 0.3 is 0 Å². The Labute approximate surface area is 113 Å². The first-order valence-electron chi connectivity index (χ1n) is 5.41. The van der Waals surface area contributed by atoms with E-state index < -0.39 is 17.7 Å². The van der Waals surface area contributed by atoms with Crippen LogP contribution >= 0.6 is 0 Å². The van der Waals surface area contributed by atoms with Gasteiger partial charge in [-0.15, -0.1) is 4.91 Å². The summed E-state index contributed by atoms with van der Waals surface area (Å²) in [6.45, 7) is 3.63. The summed E-state index contributed by atoms with van der Waals surface area (Å²) >= 11 is 0. The van der Waals surface area contributed by atoms with E-state index >= 15 is 0 Å². The largest absolute Gasteiger partial charge is 0.309 e. The van der Waals surface area contributed by atoms with Gasteiger partial charge in [-0.3, -0.25) is 19.7 Å². The van der Waals surface area contributed by atoms with Crippen LogP contribution in [-0.4, -0.2) is 27.7 Å². The molecule has 10 heteroatoms. The fourth-order valence-corrected chi connectivity index (χ4v) is 1.26. The lowest BCUT2D eigenvalue weighted by Gasteiger charge is -2.10. The Balaban J connectivity index is 3.37. The van der Waals surface area contributed by atoms with Gasteiger partial charge in [0, 0.05) is 20.8 Å². The smallest absolute Gasteiger partial charge is 0.233 e. The number of anilines is 3. The van der Waals surface area contributed by atoms with Crippen LogP contribution in [0.2, 0.25) is 0 Å². The van der Waals surface area contributed by atoms with Crippen molar-refractivity contribution in [3.63, 3.8) is 0 Å². The lowest BCUT2D eigenvalue weighted by Crippen LogP contribution is -2.16. The number of carbonyl (C=O) groups is 3. The Morgan fingerprint density at radius 1 is 0.850 bits per heavy atom. The minimum atomic E-state index is -0.504. The van der Waals surface area contributed by atoms with Gasteiger partial charge in [0.25, 0.3) is 0 Å². The molecule has 0 aliphatic carbocycles. The fourth-order valence-electron chi connectivity index (χ4n) is 1.26. The van der Waals surface area contributed by atoms with E-state index in [-0.39, 0.29) is 23.3 Å². The second-order valence-electron chi connectivity index (χ2n) is 3.73. The minimum Gasteiger partial charge on any atom is -0.309 e. The molecule has 0 aromatic carbocycles. The zero-order valence-corrected chi connectivity index (χ0v) is 11.0. The number of hydrogen-bond donors (Lipinski definition) is 3. The van der Waals surface area contributed by atoms with Crippen molar-refractivity contribution in [2.24, 2.45) is 5.18 Å².